The van der Waals surface area contributed by atoms with Gasteiger partial charge in [-0.05, 0) is 49.2 Å². The zero-order chi connectivity index (χ0) is 19.9. The highest BCUT2D eigenvalue weighted by Crippen LogP contribution is 2.26. The van der Waals surface area contributed by atoms with Crippen LogP contribution < -0.4 is 10.1 Å². The van der Waals surface area contributed by atoms with E-state index in [4.69, 9.17) is 4.74 Å². The van der Waals surface area contributed by atoms with Gasteiger partial charge in [0, 0.05) is 18.7 Å². The molecule has 1 fully saturated rings. The highest BCUT2D eigenvalue weighted by molar-refractivity contribution is 5.78. The predicted octanol–water partition coefficient (Wildman–Crippen LogP) is 3.10. The predicted molar refractivity (Wildman–Crippen MR) is 106 cm³/mol. The second-order valence-electron chi connectivity index (χ2n) is 6.94. The Morgan fingerprint density at radius 1 is 1.14 bits per heavy atom. The lowest BCUT2D eigenvalue weighted by atomic mass is 10.0. The van der Waals surface area contributed by atoms with Crippen molar-refractivity contribution in [2.75, 3.05) is 26.7 Å². The SMILES string of the molecule is COc1ccc(C(CNC(=O)Cc2ccc([N+](=O)[O-])cc2)N2CCCC2)cc1. The fourth-order valence-corrected chi connectivity index (χ4v) is 3.53. The summed E-state index contributed by atoms with van der Waals surface area (Å²) in [5.74, 6) is 0.720. The molecule has 7 heteroatoms. The zero-order valence-corrected chi connectivity index (χ0v) is 16.0. The molecular formula is C21H25N3O4. The van der Waals surface area contributed by atoms with Crippen molar-refractivity contribution < 1.29 is 14.5 Å². The Hall–Kier alpha value is -2.93. The van der Waals surface area contributed by atoms with Gasteiger partial charge in [0.25, 0.3) is 5.69 Å². The number of nitrogens with one attached hydrogen (secondary N) is 1. The van der Waals surface area contributed by atoms with E-state index in [0.29, 0.717) is 6.54 Å². The second-order valence-corrected chi connectivity index (χ2v) is 6.94. The van der Waals surface area contributed by atoms with Gasteiger partial charge in [-0.1, -0.05) is 24.3 Å². The first-order chi connectivity index (χ1) is 13.6. The molecule has 1 saturated heterocycles. The molecule has 0 bridgehead atoms. The van der Waals surface area contributed by atoms with Gasteiger partial charge in [0.15, 0.2) is 0 Å². The van der Waals surface area contributed by atoms with E-state index in [1.807, 2.05) is 24.3 Å². The van der Waals surface area contributed by atoms with Crippen molar-refractivity contribution in [3.05, 3.63) is 69.8 Å². The number of benzene rings is 2. The van der Waals surface area contributed by atoms with Crippen molar-refractivity contribution in [3.63, 3.8) is 0 Å². The lowest BCUT2D eigenvalue weighted by Crippen LogP contribution is -2.37. The van der Waals surface area contributed by atoms with Gasteiger partial charge in [-0.25, -0.2) is 0 Å². The fraction of sp³-hybridized carbons (Fsp3) is 0.381. The summed E-state index contributed by atoms with van der Waals surface area (Å²) in [6.07, 6.45) is 2.54. The summed E-state index contributed by atoms with van der Waals surface area (Å²) in [5.41, 5.74) is 1.93. The van der Waals surface area contributed by atoms with Crippen LogP contribution in [-0.4, -0.2) is 42.5 Å². The molecular weight excluding hydrogens is 358 g/mol. The van der Waals surface area contributed by atoms with Crippen LogP contribution >= 0.6 is 0 Å². The average molecular weight is 383 g/mol. The minimum absolute atomic E-state index is 0.0257. The summed E-state index contributed by atoms with van der Waals surface area (Å²) in [7, 11) is 1.64. The quantitative estimate of drug-likeness (QED) is 0.559. The molecule has 0 radical (unpaired) electrons. The van der Waals surface area contributed by atoms with Crippen molar-refractivity contribution in [2.45, 2.75) is 25.3 Å². The molecule has 3 rings (SSSR count). The standard InChI is InChI=1S/C21H25N3O4/c1-28-19-10-6-17(7-11-19)20(23-12-2-3-13-23)15-22-21(25)14-16-4-8-18(9-5-16)24(26)27/h4-11,20H,2-3,12-15H2,1H3,(H,22,25). The maximum atomic E-state index is 12.4. The molecule has 0 saturated carbocycles. The number of nitro groups is 1. The summed E-state index contributed by atoms with van der Waals surface area (Å²) in [6, 6.07) is 14.2. The maximum Gasteiger partial charge on any atom is 0.269 e. The number of hydrogen-bond acceptors (Lipinski definition) is 5. The van der Waals surface area contributed by atoms with Crippen LogP contribution in [0.5, 0.6) is 5.75 Å². The van der Waals surface area contributed by atoms with Gasteiger partial charge in [0.1, 0.15) is 5.75 Å². The van der Waals surface area contributed by atoms with Crippen LogP contribution in [0.4, 0.5) is 5.69 Å². The van der Waals surface area contributed by atoms with Gasteiger partial charge in [-0.15, -0.1) is 0 Å². The molecule has 1 N–H and O–H groups in total. The zero-order valence-electron chi connectivity index (χ0n) is 16.0. The summed E-state index contributed by atoms with van der Waals surface area (Å²) in [5, 5.41) is 13.8. The van der Waals surface area contributed by atoms with Gasteiger partial charge in [-0.3, -0.25) is 19.8 Å². The fourth-order valence-electron chi connectivity index (χ4n) is 3.53. The lowest BCUT2D eigenvalue weighted by Gasteiger charge is -2.28. The first-order valence-electron chi connectivity index (χ1n) is 9.45. The third-order valence-corrected chi connectivity index (χ3v) is 5.09. The number of methoxy groups -OCH3 is 1. The van der Waals surface area contributed by atoms with Crippen molar-refractivity contribution >= 4 is 11.6 Å². The topological polar surface area (TPSA) is 84.7 Å². The van der Waals surface area contributed by atoms with E-state index in [0.717, 1.165) is 30.0 Å². The van der Waals surface area contributed by atoms with E-state index in [1.54, 1.807) is 19.2 Å². The molecule has 0 spiro atoms. The molecule has 7 nitrogen and oxygen atoms in total. The number of ether oxygens (including phenoxy) is 1. The van der Waals surface area contributed by atoms with E-state index < -0.39 is 4.92 Å². The van der Waals surface area contributed by atoms with E-state index >= 15 is 0 Å². The Balaban J connectivity index is 1.62. The maximum absolute atomic E-state index is 12.4. The summed E-state index contributed by atoms with van der Waals surface area (Å²) in [4.78, 5) is 25.1. The molecule has 1 amide bonds. The Kier molecular flexibility index (Phi) is 6.60. The van der Waals surface area contributed by atoms with E-state index in [1.165, 1.54) is 25.0 Å². The Bertz CT molecular complexity index is 799. The Morgan fingerprint density at radius 2 is 1.79 bits per heavy atom. The van der Waals surface area contributed by atoms with E-state index in [-0.39, 0.29) is 24.1 Å². The van der Waals surface area contributed by atoms with Crippen LogP contribution in [-0.2, 0) is 11.2 Å². The van der Waals surface area contributed by atoms with Crippen LogP contribution in [0.25, 0.3) is 0 Å². The highest BCUT2D eigenvalue weighted by Gasteiger charge is 2.24. The summed E-state index contributed by atoms with van der Waals surface area (Å²) in [6.45, 7) is 2.57. The molecule has 1 heterocycles. The molecule has 1 aliphatic rings. The van der Waals surface area contributed by atoms with Crippen molar-refractivity contribution in [1.82, 2.24) is 10.2 Å². The first-order valence-corrected chi connectivity index (χ1v) is 9.45. The largest absolute Gasteiger partial charge is 0.497 e. The number of carbonyl (C=O) groups is 1. The number of amides is 1. The monoisotopic (exact) mass is 383 g/mol. The summed E-state index contributed by atoms with van der Waals surface area (Å²) >= 11 is 0. The van der Waals surface area contributed by atoms with Gasteiger partial charge < -0.3 is 10.1 Å². The lowest BCUT2D eigenvalue weighted by molar-refractivity contribution is -0.384. The number of nitrogens with zero attached hydrogens (tertiary/aromatic N) is 2. The smallest absolute Gasteiger partial charge is 0.269 e. The third-order valence-electron chi connectivity index (χ3n) is 5.09. The molecule has 1 unspecified atom stereocenters. The van der Waals surface area contributed by atoms with Crippen LogP contribution in [0.2, 0.25) is 0 Å². The minimum Gasteiger partial charge on any atom is -0.497 e. The van der Waals surface area contributed by atoms with Crippen LogP contribution in [0.1, 0.15) is 30.0 Å². The number of nitro benzene ring substituents is 1. The van der Waals surface area contributed by atoms with Crippen molar-refractivity contribution in [2.24, 2.45) is 0 Å². The Labute approximate surface area is 164 Å². The number of hydrogen-bond donors (Lipinski definition) is 1. The number of carbonyl (C=O) groups excluding carboxylic acids is 1. The molecule has 1 atom stereocenters. The van der Waals surface area contributed by atoms with Crippen molar-refractivity contribution in [3.8, 4) is 5.75 Å². The van der Waals surface area contributed by atoms with Crippen LogP contribution in [0.15, 0.2) is 48.5 Å². The molecule has 148 valence electrons. The van der Waals surface area contributed by atoms with Gasteiger partial charge in [-0.2, -0.15) is 0 Å². The molecule has 1 aliphatic heterocycles. The number of likely N-dealkylation sites (tertiary alicyclic amines) is 1. The second kappa shape index (κ2) is 9.32. The minimum atomic E-state index is -0.445. The molecule has 28 heavy (non-hydrogen) atoms. The van der Waals surface area contributed by atoms with Crippen molar-refractivity contribution in [1.29, 1.82) is 0 Å². The third kappa shape index (κ3) is 5.07. The normalized spacial score (nSPS) is 15.2. The van der Waals surface area contributed by atoms with Gasteiger partial charge in [0.2, 0.25) is 5.91 Å². The molecule has 0 aromatic heterocycles. The number of non-ortho nitro benzene ring substituents is 1. The first kappa shape index (κ1) is 19.8. The van der Waals surface area contributed by atoms with E-state index in [9.17, 15) is 14.9 Å². The van der Waals surface area contributed by atoms with Crippen LogP contribution in [0.3, 0.4) is 0 Å². The molecule has 0 aliphatic carbocycles. The average Bonchev–Trinajstić information content (AvgIpc) is 3.23. The van der Waals surface area contributed by atoms with Gasteiger partial charge >= 0.3 is 0 Å². The summed E-state index contributed by atoms with van der Waals surface area (Å²) < 4.78 is 5.24. The van der Waals surface area contributed by atoms with E-state index in [2.05, 4.69) is 10.2 Å². The number of rotatable bonds is 8. The Morgan fingerprint density at radius 3 is 2.36 bits per heavy atom. The van der Waals surface area contributed by atoms with Gasteiger partial charge in [0.05, 0.1) is 24.5 Å². The highest BCUT2D eigenvalue weighted by atomic mass is 16.6. The van der Waals surface area contributed by atoms with Crippen LogP contribution in [0, 0.1) is 10.1 Å². The molecule has 2 aromatic rings. The molecule has 2 aromatic carbocycles.